The first-order chi connectivity index (χ1) is 12.4. The summed E-state index contributed by atoms with van der Waals surface area (Å²) < 4.78 is 31.7. The topological polar surface area (TPSA) is 85.4 Å². The number of carbonyl (C=O) groups is 1. The van der Waals surface area contributed by atoms with Crippen molar-refractivity contribution in [1.29, 1.82) is 0 Å². The van der Waals surface area contributed by atoms with Crippen molar-refractivity contribution in [2.75, 3.05) is 18.1 Å². The van der Waals surface area contributed by atoms with Gasteiger partial charge in [0.05, 0.1) is 23.7 Å². The Morgan fingerprint density at radius 3 is 2.77 bits per heavy atom. The minimum Gasteiger partial charge on any atom is -0.451 e. The molecule has 0 N–H and O–H groups in total. The van der Waals surface area contributed by atoms with Crippen LogP contribution >= 0.6 is 0 Å². The van der Waals surface area contributed by atoms with E-state index < -0.39 is 15.9 Å². The fourth-order valence-corrected chi connectivity index (χ4v) is 4.94. The van der Waals surface area contributed by atoms with Crippen LogP contribution in [0.4, 0.5) is 0 Å². The molecule has 26 heavy (non-hydrogen) atoms. The van der Waals surface area contributed by atoms with Crippen molar-refractivity contribution in [3.05, 3.63) is 53.5 Å². The van der Waals surface area contributed by atoms with E-state index in [4.69, 9.17) is 4.42 Å². The molecule has 8 heteroatoms. The van der Waals surface area contributed by atoms with Crippen molar-refractivity contribution < 1.29 is 17.6 Å². The van der Waals surface area contributed by atoms with E-state index in [-0.39, 0.29) is 29.7 Å². The quantitative estimate of drug-likeness (QED) is 0.687. The van der Waals surface area contributed by atoms with Gasteiger partial charge in [0.25, 0.3) is 5.91 Å². The second kappa shape index (κ2) is 5.98. The van der Waals surface area contributed by atoms with Crippen LogP contribution in [-0.4, -0.2) is 47.1 Å². The summed E-state index contributed by atoms with van der Waals surface area (Å²) in [5, 5.41) is 5.01. The Morgan fingerprint density at radius 1 is 1.31 bits per heavy atom. The van der Waals surface area contributed by atoms with Crippen molar-refractivity contribution in [1.82, 2.24) is 14.7 Å². The number of furan rings is 1. The Labute approximate surface area is 151 Å². The molecule has 3 heterocycles. The van der Waals surface area contributed by atoms with Crippen molar-refractivity contribution in [2.24, 2.45) is 7.05 Å². The van der Waals surface area contributed by atoms with Gasteiger partial charge in [0.1, 0.15) is 5.58 Å². The largest absolute Gasteiger partial charge is 0.451 e. The molecule has 2 aromatic heterocycles. The third-order valence-corrected chi connectivity index (χ3v) is 6.47. The molecule has 1 amide bonds. The standard InChI is InChI=1S/C18H19N3O4S/c1-12-14-5-3-4-6-16(14)25-17(12)18(22)21-7-8-26(23,24)11-15(21)13-9-19-20(2)10-13/h3-6,9-10,15H,7-8,11H2,1-2H3/t15-/m0/s1. The Morgan fingerprint density at radius 2 is 2.08 bits per heavy atom. The number of aromatic nitrogens is 2. The molecule has 0 spiro atoms. The number of carbonyl (C=O) groups excluding carboxylic acids is 1. The summed E-state index contributed by atoms with van der Waals surface area (Å²) in [6.07, 6.45) is 3.36. The highest BCUT2D eigenvalue weighted by Crippen LogP contribution is 2.31. The molecule has 0 saturated carbocycles. The van der Waals surface area contributed by atoms with Crippen molar-refractivity contribution in [3.63, 3.8) is 0 Å². The SMILES string of the molecule is Cc1c(C(=O)N2CCS(=O)(=O)C[C@H]2c2cnn(C)c2)oc2ccccc12. The molecule has 1 aliphatic heterocycles. The maximum absolute atomic E-state index is 13.2. The zero-order chi connectivity index (χ0) is 18.5. The smallest absolute Gasteiger partial charge is 0.290 e. The number of amides is 1. The van der Waals surface area contributed by atoms with Crippen LogP contribution in [0.25, 0.3) is 11.0 Å². The summed E-state index contributed by atoms with van der Waals surface area (Å²) in [6, 6.07) is 6.90. The Kier molecular flexibility index (Phi) is 3.87. The van der Waals surface area contributed by atoms with Crippen LogP contribution in [0.2, 0.25) is 0 Å². The van der Waals surface area contributed by atoms with E-state index in [2.05, 4.69) is 5.10 Å². The molecule has 0 radical (unpaired) electrons. The van der Waals surface area contributed by atoms with Crippen LogP contribution in [0.15, 0.2) is 41.1 Å². The molecule has 0 aliphatic carbocycles. The van der Waals surface area contributed by atoms with Crippen LogP contribution in [-0.2, 0) is 16.9 Å². The second-order valence-electron chi connectivity index (χ2n) is 6.63. The summed E-state index contributed by atoms with van der Waals surface area (Å²) >= 11 is 0. The van der Waals surface area contributed by atoms with E-state index in [0.717, 1.165) is 10.9 Å². The van der Waals surface area contributed by atoms with Gasteiger partial charge in [-0.1, -0.05) is 18.2 Å². The molecular formula is C18H19N3O4S. The lowest BCUT2D eigenvalue weighted by atomic mass is 10.1. The molecule has 7 nitrogen and oxygen atoms in total. The number of nitrogens with zero attached hydrogens (tertiary/aromatic N) is 3. The second-order valence-corrected chi connectivity index (χ2v) is 8.86. The molecule has 1 aromatic carbocycles. The van der Waals surface area contributed by atoms with Gasteiger partial charge in [-0.3, -0.25) is 9.48 Å². The normalized spacial score (nSPS) is 19.8. The van der Waals surface area contributed by atoms with Gasteiger partial charge in [0, 0.05) is 36.3 Å². The van der Waals surface area contributed by atoms with Crippen LogP contribution < -0.4 is 0 Å². The van der Waals surface area contributed by atoms with Crippen molar-refractivity contribution in [3.8, 4) is 0 Å². The zero-order valence-corrected chi connectivity index (χ0v) is 15.4. The molecular weight excluding hydrogens is 354 g/mol. The molecule has 0 bridgehead atoms. The number of hydrogen-bond acceptors (Lipinski definition) is 5. The lowest BCUT2D eigenvalue weighted by molar-refractivity contribution is 0.0666. The summed E-state index contributed by atoms with van der Waals surface area (Å²) in [7, 11) is -1.46. The van der Waals surface area contributed by atoms with Gasteiger partial charge in [-0.15, -0.1) is 0 Å². The fraction of sp³-hybridized carbons (Fsp3) is 0.333. The van der Waals surface area contributed by atoms with Gasteiger partial charge in [-0.2, -0.15) is 5.10 Å². The third-order valence-electron chi connectivity index (χ3n) is 4.84. The molecule has 4 rings (SSSR count). The summed E-state index contributed by atoms with van der Waals surface area (Å²) in [6.45, 7) is 1.98. The van der Waals surface area contributed by atoms with Gasteiger partial charge >= 0.3 is 0 Å². The average molecular weight is 373 g/mol. The van der Waals surface area contributed by atoms with E-state index in [9.17, 15) is 13.2 Å². The Bertz CT molecular complexity index is 1100. The molecule has 1 fully saturated rings. The summed E-state index contributed by atoms with van der Waals surface area (Å²) in [4.78, 5) is 14.8. The van der Waals surface area contributed by atoms with Gasteiger partial charge < -0.3 is 9.32 Å². The first kappa shape index (κ1) is 16.8. The summed E-state index contributed by atoms with van der Waals surface area (Å²) in [5.41, 5.74) is 2.12. The van der Waals surface area contributed by atoms with Gasteiger partial charge in [0.15, 0.2) is 15.6 Å². The molecule has 136 valence electrons. The molecule has 3 aromatic rings. The average Bonchev–Trinajstić information content (AvgIpc) is 3.18. The molecule has 1 atom stereocenters. The first-order valence-electron chi connectivity index (χ1n) is 8.34. The van der Waals surface area contributed by atoms with Gasteiger partial charge in [-0.25, -0.2) is 8.42 Å². The Hall–Kier alpha value is -2.61. The zero-order valence-electron chi connectivity index (χ0n) is 14.5. The van der Waals surface area contributed by atoms with E-state index in [1.165, 1.54) is 0 Å². The first-order valence-corrected chi connectivity index (χ1v) is 10.2. The lowest BCUT2D eigenvalue weighted by Gasteiger charge is -2.34. The number of fused-ring (bicyclic) bond motifs is 1. The van der Waals surface area contributed by atoms with Crippen LogP contribution in [0, 0.1) is 6.92 Å². The molecule has 0 unspecified atom stereocenters. The maximum Gasteiger partial charge on any atom is 0.290 e. The van der Waals surface area contributed by atoms with Crippen LogP contribution in [0.3, 0.4) is 0 Å². The number of hydrogen-bond donors (Lipinski definition) is 0. The Balaban J connectivity index is 1.76. The highest BCUT2D eigenvalue weighted by molar-refractivity contribution is 7.91. The highest BCUT2D eigenvalue weighted by Gasteiger charge is 2.37. The lowest BCUT2D eigenvalue weighted by Crippen LogP contribution is -2.46. The van der Waals surface area contributed by atoms with Crippen molar-refractivity contribution >= 4 is 26.7 Å². The van der Waals surface area contributed by atoms with Gasteiger partial charge in [-0.05, 0) is 13.0 Å². The van der Waals surface area contributed by atoms with Crippen molar-refractivity contribution in [2.45, 2.75) is 13.0 Å². The van der Waals surface area contributed by atoms with Gasteiger partial charge in [0.2, 0.25) is 0 Å². The number of para-hydroxylation sites is 1. The highest BCUT2D eigenvalue weighted by atomic mass is 32.2. The van der Waals surface area contributed by atoms with E-state index in [0.29, 0.717) is 11.1 Å². The number of rotatable bonds is 2. The van der Waals surface area contributed by atoms with E-state index in [1.807, 2.05) is 31.2 Å². The number of sulfone groups is 1. The van der Waals surface area contributed by atoms with Crippen LogP contribution in [0.5, 0.6) is 0 Å². The minimum absolute atomic E-state index is 0.0468. The minimum atomic E-state index is -3.22. The third kappa shape index (κ3) is 2.80. The molecule has 1 aliphatic rings. The van der Waals surface area contributed by atoms with E-state index in [1.54, 1.807) is 29.0 Å². The predicted molar refractivity (Wildman–Crippen MR) is 96.6 cm³/mol. The van der Waals surface area contributed by atoms with Crippen LogP contribution in [0.1, 0.15) is 27.7 Å². The fourth-order valence-electron chi connectivity index (χ4n) is 3.45. The molecule has 1 saturated heterocycles. The predicted octanol–water partition coefficient (Wildman–Crippen LogP) is 2.09. The maximum atomic E-state index is 13.2. The van der Waals surface area contributed by atoms with E-state index >= 15 is 0 Å². The number of aryl methyl sites for hydroxylation is 2. The number of benzene rings is 1. The summed E-state index contributed by atoms with van der Waals surface area (Å²) in [5.74, 6) is -0.180. The monoisotopic (exact) mass is 373 g/mol.